The molecule has 1 N–H and O–H groups in total. The first kappa shape index (κ1) is 11.0. The second kappa shape index (κ2) is 3.79. The predicted molar refractivity (Wildman–Crippen MR) is 57.1 cm³/mol. The fourth-order valence-electron chi connectivity index (χ4n) is 1.87. The quantitative estimate of drug-likeness (QED) is 0.764. The molecule has 0 saturated carbocycles. The van der Waals surface area contributed by atoms with Crippen molar-refractivity contribution in [1.82, 2.24) is 0 Å². The average molecular weight is 222 g/mol. The Kier molecular flexibility index (Phi) is 2.59. The van der Waals surface area contributed by atoms with Crippen molar-refractivity contribution in [2.24, 2.45) is 0 Å². The van der Waals surface area contributed by atoms with Gasteiger partial charge in [0.1, 0.15) is 11.4 Å². The van der Waals surface area contributed by atoms with Crippen LogP contribution >= 0.6 is 0 Å². The van der Waals surface area contributed by atoms with Crippen LogP contribution in [0.3, 0.4) is 0 Å². The van der Waals surface area contributed by atoms with E-state index in [1.807, 2.05) is 0 Å². The van der Waals surface area contributed by atoms with Gasteiger partial charge in [-0.2, -0.15) is 0 Å². The number of esters is 1. The molecule has 1 aromatic carbocycles. The van der Waals surface area contributed by atoms with Gasteiger partial charge in [0.2, 0.25) is 6.10 Å². The zero-order valence-electron chi connectivity index (χ0n) is 9.27. The third-order valence-electron chi connectivity index (χ3n) is 2.69. The van der Waals surface area contributed by atoms with E-state index in [1.165, 1.54) is 0 Å². The number of benzene rings is 1. The van der Waals surface area contributed by atoms with E-state index in [-0.39, 0.29) is 6.61 Å². The molecule has 1 aromatic rings. The standard InChI is InChI=1S/C12H14O4/c1-3-15-11(13)10-12(2,14)8-6-4-5-7-9(8)16-10/h4-7,10,14H,3H2,1-2H3. The van der Waals surface area contributed by atoms with Gasteiger partial charge in [-0.25, -0.2) is 4.79 Å². The van der Waals surface area contributed by atoms with Gasteiger partial charge in [0, 0.05) is 5.56 Å². The average Bonchev–Trinajstić information content (AvgIpc) is 2.52. The van der Waals surface area contributed by atoms with Crippen molar-refractivity contribution in [3.63, 3.8) is 0 Å². The van der Waals surface area contributed by atoms with E-state index in [4.69, 9.17) is 9.47 Å². The second-order valence-corrected chi connectivity index (χ2v) is 3.89. The van der Waals surface area contributed by atoms with Gasteiger partial charge in [0.15, 0.2) is 0 Å². The summed E-state index contributed by atoms with van der Waals surface area (Å²) in [7, 11) is 0. The minimum atomic E-state index is -1.33. The SMILES string of the molecule is CCOC(=O)C1Oc2ccccc2C1(C)O. The van der Waals surface area contributed by atoms with Crippen LogP contribution in [0.2, 0.25) is 0 Å². The maximum absolute atomic E-state index is 11.6. The summed E-state index contributed by atoms with van der Waals surface area (Å²) in [6.45, 7) is 3.54. The van der Waals surface area contributed by atoms with Crippen molar-refractivity contribution in [3.05, 3.63) is 29.8 Å². The lowest BCUT2D eigenvalue weighted by Crippen LogP contribution is -2.42. The normalized spacial score (nSPS) is 27.1. The number of para-hydroxylation sites is 1. The molecular weight excluding hydrogens is 208 g/mol. The summed E-state index contributed by atoms with van der Waals surface area (Å²) in [4.78, 5) is 11.6. The second-order valence-electron chi connectivity index (χ2n) is 3.89. The maximum atomic E-state index is 11.6. The van der Waals surface area contributed by atoms with Crippen LogP contribution in [0.4, 0.5) is 0 Å². The van der Waals surface area contributed by atoms with Crippen LogP contribution in [0.1, 0.15) is 19.4 Å². The zero-order chi connectivity index (χ0) is 11.8. The smallest absolute Gasteiger partial charge is 0.350 e. The number of carbonyl (C=O) groups excluding carboxylic acids is 1. The molecule has 1 heterocycles. The highest BCUT2D eigenvalue weighted by atomic mass is 16.6. The molecule has 2 atom stereocenters. The van der Waals surface area contributed by atoms with Crippen LogP contribution in [0, 0.1) is 0 Å². The Labute approximate surface area is 93.8 Å². The summed E-state index contributed by atoms with van der Waals surface area (Å²) in [5, 5.41) is 10.3. The van der Waals surface area contributed by atoms with Crippen LogP contribution in [0.5, 0.6) is 5.75 Å². The molecule has 0 spiro atoms. The number of rotatable bonds is 2. The van der Waals surface area contributed by atoms with E-state index in [1.54, 1.807) is 38.1 Å². The summed E-state index contributed by atoms with van der Waals surface area (Å²) in [6, 6.07) is 7.06. The molecule has 1 aliphatic rings. The number of hydrogen-bond donors (Lipinski definition) is 1. The van der Waals surface area contributed by atoms with Gasteiger partial charge in [0.05, 0.1) is 6.61 Å². The third-order valence-corrected chi connectivity index (χ3v) is 2.69. The lowest BCUT2D eigenvalue weighted by molar-refractivity contribution is -0.161. The Balaban J connectivity index is 2.32. The van der Waals surface area contributed by atoms with Crippen LogP contribution in [0.25, 0.3) is 0 Å². The molecule has 1 aliphatic heterocycles. The minimum absolute atomic E-state index is 0.269. The van der Waals surface area contributed by atoms with Gasteiger partial charge >= 0.3 is 5.97 Å². The maximum Gasteiger partial charge on any atom is 0.350 e. The summed E-state index contributed by atoms with van der Waals surface area (Å²) in [5.41, 5.74) is -0.712. The van der Waals surface area contributed by atoms with E-state index in [0.29, 0.717) is 11.3 Å². The topological polar surface area (TPSA) is 55.8 Å². The molecule has 2 rings (SSSR count). The van der Waals surface area contributed by atoms with Gasteiger partial charge in [-0.1, -0.05) is 18.2 Å². The Morgan fingerprint density at radius 2 is 2.25 bits per heavy atom. The van der Waals surface area contributed by atoms with E-state index in [0.717, 1.165) is 0 Å². The first-order chi connectivity index (χ1) is 7.57. The van der Waals surface area contributed by atoms with Gasteiger partial charge in [-0.3, -0.25) is 0 Å². The summed E-state index contributed by atoms with van der Waals surface area (Å²) in [5.74, 6) is -0.00532. The van der Waals surface area contributed by atoms with E-state index >= 15 is 0 Å². The van der Waals surface area contributed by atoms with Gasteiger partial charge in [-0.15, -0.1) is 0 Å². The van der Waals surface area contributed by atoms with E-state index in [2.05, 4.69) is 0 Å². The molecule has 2 unspecified atom stereocenters. The number of aliphatic hydroxyl groups is 1. The molecule has 0 amide bonds. The lowest BCUT2D eigenvalue weighted by atomic mass is 9.92. The Morgan fingerprint density at radius 3 is 2.88 bits per heavy atom. The Hall–Kier alpha value is -1.55. The number of carbonyl (C=O) groups is 1. The highest BCUT2D eigenvalue weighted by molar-refractivity contribution is 5.78. The Bertz CT molecular complexity index is 411. The molecule has 4 heteroatoms. The molecule has 16 heavy (non-hydrogen) atoms. The third kappa shape index (κ3) is 1.55. The van der Waals surface area contributed by atoms with Crippen molar-refractivity contribution >= 4 is 5.97 Å². The predicted octanol–water partition coefficient (Wildman–Crippen LogP) is 1.22. The lowest BCUT2D eigenvalue weighted by Gasteiger charge is -2.22. The molecule has 0 aliphatic carbocycles. The number of hydrogen-bond acceptors (Lipinski definition) is 4. The van der Waals surface area contributed by atoms with Gasteiger partial charge < -0.3 is 14.6 Å². The van der Waals surface area contributed by atoms with E-state index < -0.39 is 17.7 Å². The highest BCUT2D eigenvalue weighted by Gasteiger charge is 2.48. The molecule has 0 aromatic heterocycles. The molecular formula is C12H14O4. The van der Waals surface area contributed by atoms with Crippen LogP contribution in [-0.4, -0.2) is 23.8 Å². The summed E-state index contributed by atoms with van der Waals surface area (Å²) >= 11 is 0. The van der Waals surface area contributed by atoms with Crippen molar-refractivity contribution in [3.8, 4) is 5.75 Å². The molecule has 4 nitrogen and oxygen atoms in total. The van der Waals surface area contributed by atoms with Crippen molar-refractivity contribution in [1.29, 1.82) is 0 Å². The molecule has 0 fully saturated rings. The van der Waals surface area contributed by atoms with Crippen LogP contribution in [-0.2, 0) is 15.1 Å². The van der Waals surface area contributed by atoms with Crippen molar-refractivity contribution < 1.29 is 19.4 Å². The molecule has 86 valence electrons. The minimum Gasteiger partial charge on any atom is -0.475 e. The van der Waals surface area contributed by atoms with Crippen molar-refractivity contribution in [2.45, 2.75) is 25.6 Å². The molecule has 0 bridgehead atoms. The van der Waals surface area contributed by atoms with Crippen LogP contribution < -0.4 is 4.74 Å². The van der Waals surface area contributed by atoms with Crippen LogP contribution in [0.15, 0.2) is 24.3 Å². The van der Waals surface area contributed by atoms with Gasteiger partial charge in [0.25, 0.3) is 0 Å². The molecule has 0 saturated heterocycles. The van der Waals surface area contributed by atoms with E-state index in [9.17, 15) is 9.90 Å². The first-order valence-electron chi connectivity index (χ1n) is 5.22. The fourth-order valence-corrected chi connectivity index (χ4v) is 1.87. The fraction of sp³-hybridized carbons (Fsp3) is 0.417. The number of fused-ring (bicyclic) bond motifs is 1. The van der Waals surface area contributed by atoms with Crippen molar-refractivity contribution in [2.75, 3.05) is 6.61 Å². The summed E-state index contributed by atoms with van der Waals surface area (Å²) in [6.07, 6.45) is -0.982. The first-order valence-corrected chi connectivity index (χ1v) is 5.22. The summed E-state index contributed by atoms with van der Waals surface area (Å²) < 4.78 is 10.3. The monoisotopic (exact) mass is 222 g/mol. The Morgan fingerprint density at radius 1 is 1.56 bits per heavy atom. The molecule has 0 radical (unpaired) electrons. The number of ether oxygens (including phenoxy) is 2. The zero-order valence-corrected chi connectivity index (χ0v) is 9.27. The highest BCUT2D eigenvalue weighted by Crippen LogP contribution is 2.41. The largest absolute Gasteiger partial charge is 0.475 e. The van der Waals surface area contributed by atoms with Gasteiger partial charge in [-0.05, 0) is 19.9 Å².